The zero-order chi connectivity index (χ0) is 9.94. The zero-order valence-corrected chi connectivity index (χ0v) is 9.01. The van der Waals surface area contributed by atoms with Crippen molar-refractivity contribution in [2.45, 2.75) is 52.4 Å². The van der Waals surface area contributed by atoms with Crippen molar-refractivity contribution in [1.29, 1.82) is 0 Å². The summed E-state index contributed by atoms with van der Waals surface area (Å²) in [6.45, 7) is 5.38. The molecule has 0 aromatic heterocycles. The van der Waals surface area contributed by atoms with Crippen LogP contribution in [0.1, 0.15) is 53.8 Å². The van der Waals surface area contributed by atoms with E-state index in [-0.39, 0.29) is 1.43 Å². The Morgan fingerprint density at radius 3 is 2.38 bits per heavy atom. The lowest BCUT2D eigenvalue weighted by atomic mass is 10.0. The van der Waals surface area contributed by atoms with Crippen LogP contribution in [0.4, 0.5) is 0 Å². The molecular formula is C11H25NO. The molecule has 0 aliphatic heterocycles. The van der Waals surface area contributed by atoms with E-state index in [2.05, 4.69) is 19.2 Å². The third-order valence-corrected chi connectivity index (χ3v) is 2.19. The fraction of sp³-hybridized carbons (Fsp3) is 0.909. The molecule has 80 valence electrons. The fourth-order valence-electron chi connectivity index (χ4n) is 1.37. The van der Waals surface area contributed by atoms with Crippen molar-refractivity contribution in [2.24, 2.45) is 5.92 Å². The Kier molecular flexibility index (Phi) is 9.17. The molecule has 1 amide bonds. The van der Waals surface area contributed by atoms with Gasteiger partial charge in [-0.25, -0.2) is 0 Å². The summed E-state index contributed by atoms with van der Waals surface area (Å²) >= 11 is 0. The van der Waals surface area contributed by atoms with E-state index in [0.717, 1.165) is 25.3 Å². The normalized spacial score (nSPS) is 10.4. The average molecular weight is 187 g/mol. The third kappa shape index (κ3) is 11.5. The summed E-state index contributed by atoms with van der Waals surface area (Å²) in [5.74, 6) is 0.844. The lowest BCUT2D eigenvalue weighted by Crippen LogP contribution is -2.11. The standard InChI is InChI=1S/C11H23NO.H2/c1-11(2)8-6-4-3-5-7-9-12-10-13;/h10-11H,3-9H2,1-2H3,(H,12,13);1H. The number of nitrogens with one attached hydrogen (secondary N) is 1. The highest BCUT2D eigenvalue weighted by Gasteiger charge is 1.94. The number of hydrogen-bond acceptors (Lipinski definition) is 1. The van der Waals surface area contributed by atoms with Gasteiger partial charge in [0.2, 0.25) is 6.41 Å². The highest BCUT2D eigenvalue weighted by atomic mass is 16.1. The van der Waals surface area contributed by atoms with E-state index in [1.165, 1.54) is 32.1 Å². The van der Waals surface area contributed by atoms with E-state index in [9.17, 15) is 4.79 Å². The van der Waals surface area contributed by atoms with Gasteiger partial charge in [-0.05, 0) is 12.3 Å². The van der Waals surface area contributed by atoms with E-state index in [1.807, 2.05) is 0 Å². The molecular weight excluding hydrogens is 162 g/mol. The molecule has 0 aromatic rings. The molecule has 0 aliphatic carbocycles. The second-order valence-electron chi connectivity index (χ2n) is 4.02. The van der Waals surface area contributed by atoms with Gasteiger partial charge < -0.3 is 5.32 Å². The maximum Gasteiger partial charge on any atom is 0.207 e. The molecule has 1 N–H and O–H groups in total. The lowest BCUT2D eigenvalue weighted by Gasteiger charge is -2.03. The summed E-state index contributed by atoms with van der Waals surface area (Å²) in [5, 5.41) is 2.68. The van der Waals surface area contributed by atoms with Gasteiger partial charge in [-0.2, -0.15) is 0 Å². The van der Waals surface area contributed by atoms with Gasteiger partial charge in [0.15, 0.2) is 0 Å². The molecule has 0 unspecified atom stereocenters. The smallest absolute Gasteiger partial charge is 0.207 e. The van der Waals surface area contributed by atoms with Gasteiger partial charge in [0.05, 0.1) is 0 Å². The van der Waals surface area contributed by atoms with Crippen LogP contribution in [0, 0.1) is 5.92 Å². The molecule has 0 atom stereocenters. The number of hydrogen-bond donors (Lipinski definition) is 1. The number of unbranched alkanes of at least 4 members (excludes halogenated alkanes) is 4. The van der Waals surface area contributed by atoms with Crippen LogP contribution in [0.5, 0.6) is 0 Å². The summed E-state index contributed by atoms with van der Waals surface area (Å²) in [7, 11) is 0. The molecule has 2 heteroatoms. The van der Waals surface area contributed by atoms with Crippen molar-refractivity contribution < 1.29 is 6.22 Å². The molecule has 13 heavy (non-hydrogen) atoms. The van der Waals surface area contributed by atoms with Crippen molar-refractivity contribution in [1.82, 2.24) is 5.32 Å². The Labute approximate surface area is 83.6 Å². The molecule has 0 fully saturated rings. The second kappa shape index (κ2) is 9.56. The Balaban J connectivity index is 0. The first-order valence-corrected chi connectivity index (χ1v) is 5.44. The Morgan fingerprint density at radius 1 is 1.15 bits per heavy atom. The molecule has 0 aromatic carbocycles. The van der Waals surface area contributed by atoms with E-state index in [0.29, 0.717) is 0 Å². The van der Waals surface area contributed by atoms with Crippen LogP contribution in [0.3, 0.4) is 0 Å². The van der Waals surface area contributed by atoms with Crippen LogP contribution in [0.25, 0.3) is 0 Å². The van der Waals surface area contributed by atoms with Crippen molar-refractivity contribution in [3.8, 4) is 0 Å². The number of carbonyl (C=O) groups is 1. The number of amides is 1. The van der Waals surface area contributed by atoms with Gasteiger partial charge in [-0.3, -0.25) is 4.79 Å². The summed E-state index contributed by atoms with van der Waals surface area (Å²) < 4.78 is 0. The Morgan fingerprint density at radius 2 is 1.77 bits per heavy atom. The predicted octanol–water partition coefficient (Wildman–Crippen LogP) is 2.98. The molecule has 0 saturated heterocycles. The molecule has 0 aliphatic rings. The zero-order valence-electron chi connectivity index (χ0n) is 9.01. The molecule has 0 bridgehead atoms. The molecule has 0 spiro atoms. The first kappa shape index (κ1) is 12.5. The summed E-state index contributed by atoms with van der Waals surface area (Å²) in [6.07, 6.45) is 8.52. The molecule has 0 saturated carbocycles. The van der Waals surface area contributed by atoms with Crippen molar-refractivity contribution >= 4 is 6.41 Å². The first-order chi connectivity index (χ1) is 6.27. The van der Waals surface area contributed by atoms with Crippen molar-refractivity contribution in [3.63, 3.8) is 0 Å². The van der Waals surface area contributed by atoms with Crippen LogP contribution in [-0.2, 0) is 4.79 Å². The summed E-state index contributed by atoms with van der Waals surface area (Å²) in [4.78, 5) is 9.90. The van der Waals surface area contributed by atoms with E-state index < -0.39 is 0 Å². The molecule has 0 rings (SSSR count). The molecule has 0 radical (unpaired) electrons. The second-order valence-corrected chi connectivity index (χ2v) is 4.02. The van der Waals surface area contributed by atoms with Gasteiger partial charge in [0.25, 0.3) is 0 Å². The van der Waals surface area contributed by atoms with E-state index >= 15 is 0 Å². The topological polar surface area (TPSA) is 29.1 Å². The Hall–Kier alpha value is -0.530. The Bertz CT molecular complexity index is 118. The van der Waals surface area contributed by atoms with Crippen LogP contribution in [0.2, 0.25) is 0 Å². The SMILES string of the molecule is CC(C)CCCCCCCNC=O.[HH]. The van der Waals surface area contributed by atoms with Gasteiger partial charge >= 0.3 is 0 Å². The highest BCUT2D eigenvalue weighted by Crippen LogP contribution is 2.09. The number of rotatable bonds is 9. The molecule has 2 nitrogen and oxygen atoms in total. The largest absolute Gasteiger partial charge is 0.359 e. The summed E-state index contributed by atoms with van der Waals surface area (Å²) in [5.41, 5.74) is 0. The minimum atomic E-state index is 0. The van der Waals surface area contributed by atoms with Crippen LogP contribution < -0.4 is 5.32 Å². The van der Waals surface area contributed by atoms with Gasteiger partial charge in [-0.1, -0.05) is 46.0 Å². The summed E-state index contributed by atoms with van der Waals surface area (Å²) in [6, 6.07) is 0. The lowest BCUT2D eigenvalue weighted by molar-refractivity contribution is -0.109. The first-order valence-electron chi connectivity index (χ1n) is 5.44. The minimum absolute atomic E-state index is 0. The molecule has 0 heterocycles. The highest BCUT2D eigenvalue weighted by molar-refractivity contribution is 5.45. The maximum atomic E-state index is 9.90. The van der Waals surface area contributed by atoms with Crippen LogP contribution in [-0.4, -0.2) is 13.0 Å². The predicted molar refractivity (Wildman–Crippen MR) is 58.7 cm³/mol. The quantitative estimate of drug-likeness (QED) is 0.436. The number of carbonyl (C=O) groups excluding carboxylic acids is 1. The van der Waals surface area contributed by atoms with Gasteiger partial charge in [-0.15, -0.1) is 0 Å². The van der Waals surface area contributed by atoms with Crippen molar-refractivity contribution in [2.75, 3.05) is 6.54 Å². The third-order valence-electron chi connectivity index (χ3n) is 2.19. The maximum absolute atomic E-state index is 9.90. The van der Waals surface area contributed by atoms with Gasteiger partial charge in [0, 0.05) is 7.97 Å². The van der Waals surface area contributed by atoms with Crippen molar-refractivity contribution in [3.05, 3.63) is 0 Å². The minimum Gasteiger partial charge on any atom is -0.359 e. The monoisotopic (exact) mass is 187 g/mol. The van der Waals surface area contributed by atoms with Crippen LogP contribution >= 0.6 is 0 Å². The van der Waals surface area contributed by atoms with E-state index in [4.69, 9.17) is 0 Å². The fourth-order valence-corrected chi connectivity index (χ4v) is 1.37. The van der Waals surface area contributed by atoms with Gasteiger partial charge in [0.1, 0.15) is 0 Å². The van der Waals surface area contributed by atoms with Crippen LogP contribution in [0.15, 0.2) is 0 Å². The average Bonchev–Trinajstić information content (AvgIpc) is 2.09. The van der Waals surface area contributed by atoms with E-state index in [1.54, 1.807) is 0 Å².